The molecule has 4 nitrogen and oxygen atoms in total. The van der Waals surface area contributed by atoms with Gasteiger partial charge in [-0.15, -0.1) is 11.8 Å². The lowest BCUT2D eigenvalue weighted by atomic mass is 9.89. The Balaban J connectivity index is 1.61. The number of benzene rings is 1. The van der Waals surface area contributed by atoms with Gasteiger partial charge in [-0.2, -0.15) is 0 Å². The fourth-order valence-electron chi connectivity index (χ4n) is 2.88. The second-order valence-electron chi connectivity index (χ2n) is 6.78. The van der Waals surface area contributed by atoms with E-state index in [0.717, 1.165) is 24.0 Å². The van der Waals surface area contributed by atoms with Crippen LogP contribution in [-0.4, -0.2) is 29.6 Å². The summed E-state index contributed by atoms with van der Waals surface area (Å²) in [6.45, 7) is 5.94. The van der Waals surface area contributed by atoms with Crippen molar-refractivity contribution in [2.24, 2.45) is 5.92 Å². The first-order valence-corrected chi connectivity index (χ1v) is 9.78. The molecule has 0 saturated heterocycles. The second-order valence-corrected chi connectivity index (χ2v) is 7.96. The summed E-state index contributed by atoms with van der Waals surface area (Å²) in [4.78, 5) is 12.0. The number of ketones is 1. The number of ether oxygens (including phenoxy) is 1. The summed E-state index contributed by atoms with van der Waals surface area (Å²) < 4.78 is 11.7. The number of hydrogen-bond donors (Lipinski definition) is 1. The lowest BCUT2D eigenvalue weighted by Gasteiger charge is -2.37. The third kappa shape index (κ3) is 3.78. The van der Waals surface area contributed by atoms with E-state index in [4.69, 9.17) is 9.15 Å². The highest BCUT2D eigenvalue weighted by atomic mass is 32.2. The third-order valence-electron chi connectivity index (χ3n) is 4.48. The molecule has 1 aromatic carbocycles. The minimum atomic E-state index is -0.0654. The van der Waals surface area contributed by atoms with Gasteiger partial charge < -0.3 is 14.5 Å². The van der Waals surface area contributed by atoms with Gasteiger partial charge in [0.05, 0.1) is 5.37 Å². The molecule has 0 radical (unpaired) electrons. The number of Topliss-reactive ketones (excluding diaryl/α,β-unsaturated/α-hetero) is 1. The Kier molecular flexibility index (Phi) is 5.21. The molecule has 1 aromatic heterocycles. The van der Waals surface area contributed by atoms with E-state index in [1.165, 1.54) is 0 Å². The average molecular weight is 347 g/mol. The van der Waals surface area contributed by atoms with E-state index in [1.807, 2.05) is 49.9 Å². The van der Waals surface area contributed by atoms with Crippen LogP contribution < -0.4 is 10.1 Å². The number of nitrogens with one attached hydrogen (secondary N) is 1. The van der Waals surface area contributed by atoms with Gasteiger partial charge in [0.1, 0.15) is 17.4 Å². The zero-order valence-corrected chi connectivity index (χ0v) is 15.5. The van der Waals surface area contributed by atoms with Crippen LogP contribution in [0.3, 0.4) is 0 Å². The van der Waals surface area contributed by atoms with Crippen LogP contribution >= 0.6 is 11.8 Å². The molecule has 1 saturated carbocycles. The molecule has 1 unspecified atom stereocenters. The number of hydrogen-bond acceptors (Lipinski definition) is 5. The van der Waals surface area contributed by atoms with Crippen LogP contribution in [0, 0.1) is 5.92 Å². The summed E-state index contributed by atoms with van der Waals surface area (Å²) in [6, 6.07) is 8.15. The van der Waals surface area contributed by atoms with E-state index in [-0.39, 0.29) is 17.8 Å². The molecule has 3 rings (SSSR count). The molecule has 1 atom stereocenters. The van der Waals surface area contributed by atoms with Gasteiger partial charge >= 0.3 is 0 Å². The zero-order chi connectivity index (χ0) is 17.3. The molecule has 1 N–H and O–H groups in total. The highest BCUT2D eigenvalue weighted by Gasteiger charge is 2.31. The normalized spacial score (nSPS) is 21.7. The van der Waals surface area contributed by atoms with Gasteiger partial charge in [0.25, 0.3) is 0 Å². The van der Waals surface area contributed by atoms with Crippen molar-refractivity contribution >= 4 is 28.5 Å². The number of furan rings is 1. The smallest absolute Gasteiger partial charge is 0.200 e. The maximum atomic E-state index is 12.0. The van der Waals surface area contributed by atoms with E-state index in [1.54, 1.807) is 0 Å². The van der Waals surface area contributed by atoms with Gasteiger partial charge in [-0.25, -0.2) is 0 Å². The minimum Gasteiger partial charge on any atom is -0.490 e. The van der Waals surface area contributed by atoms with Crippen LogP contribution in [0.25, 0.3) is 11.0 Å². The number of fused-ring (bicyclic) bond motifs is 1. The molecule has 1 aliphatic rings. The first kappa shape index (κ1) is 17.4. The summed E-state index contributed by atoms with van der Waals surface area (Å²) in [7, 11) is 0. The average Bonchev–Trinajstić information content (AvgIpc) is 2.94. The van der Waals surface area contributed by atoms with E-state index in [2.05, 4.69) is 18.5 Å². The van der Waals surface area contributed by atoms with Crippen molar-refractivity contribution in [3.05, 3.63) is 30.0 Å². The summed E-state index contributed by atoms with van der Waals surface area (Å²) >= 11 is 1.82. The second kappa shape index (κ2) is 7.19. The third-order valence-corrected chi connectivity index (χ3v) is 5.32. The van der Waals surface area contributed by atoms with E-state index in [9.17, 15) is 4.79 Å². The molecule has 0 spiro atoms. The highest BCUT2D eigenvalue weighted by Crippen LogP contribution is 2.30. The SMILES string of the molecule is CSC(C)N[C@H]1C[C@@H](Oc2ccc3cc(C(=O)C(C)C)oc3c2)C1. The molecular weight excluding hydrogens is 322 g/mol. The van der Waals surface area contributed by atoms with E-state index < -0.39 is 0 Å². The maximum absolute atomic E-state index is 12.0. The van der Waals surface area contributed by atoms with Crippen molar-refractivity contribution in [1.29, 1.82) is 0 Å². The van der Waals surface area contributed by atoms with Gasteiger partial charge in [0.15, 0.2) is 5.76 Å². The van der Waals surface area contributed by atoms with Crippen LogP contribution in [0.2, 0.25) is 0 Å². The van der Waals surface area contributed by atoms with Gasteiger partial charge in [0, 0.05) is 23.4 Å². The van der Waals surface area contributed by atoms with Gasteiger partial charge in [-0.05, 0) is 44.2 Å². The summed E-state index contributed by atoms with van der Waals surface area (Å²) in [6.07, 6.45) is 4.41. The lowest BCUT2D eigenvalue weighted by molar-refractivity contribution is 0.0845. The van der Waals surface area contributed by atoms with Crippen LogP contribution in [0.4, 0.5) is 0 Å². The number of carbonyl (C=O) groups excluding carboxylic acids is 1. The van der Waals surface area contributed by atoms with Crippen molar-refractivity contribution < 1.29 is 13.9 Å². The van der Waals surface area contributed by atoms with Gasteiger partial charge in [-0.1, -0.05) is 13.8 Å². The molecule has 1 heterocycles. The summed E-state index contributed by atoms with van der Waals surface area (Å²) in [5.74, 6) is 1.20. The fraction of sp³-hybridized carbons (Fsp3) is 0.526. The van der Waals surface area contributed by atoms with Crippen LogP contribution in [0.15, 0.2) is 28.7 Å². The van der Waals surface area contributed by atoms with Crippen molar-refractivity contribution in [3.8, 4) is 5.75 Å². The monoisotopic (exact) mass is 347 g/mol. The van der Waals surface area contributed by atoms with Crippen molar-refractivity contribution in [1.82, 2.24) is 5.32 Å². The molecule has 5 heteroatoms. The maximum Gasteiger partial charge on any atom is 0.200 e. The summed E-state index contributed by atoms with van der Waals surface area (Å²) in [5, 5.41) is 4.98. The minimum absolute atomic E-state index is 0.0319. The Morgan fingerprint density at radius 1 is 1.29 bits per heavy atom. The van der Waals surface area contributed by atoms with Crippen molar-refractivity contribution in [2.75, 3.05) is 6.26 Å². The molecule has 24 heavy (non-hydrogen) atoms. The van der Waals surface area contributed by atoms with Crippen LogP contribution in [-0.2, 0) is 0 Å². The Labute approximate surface area is 147 Å². The summed E-state index contributed by atoms with van der Waals surface area (Å²) in [5.41, 5.74) is 0.710. The Morgan fingerprint density at radius 3 is 2.71 bits per heavy atom. The van der Waals surface area contributed by atoms with E-state index >= 15 is 0 Å². The molecule has 2 aromatic rings. The Hall–Kier alpha value is -1.46. The predicted molar refractivity (Wildman–Crippen MR) is 98.9 cm³/mol. The first-order valence-electron chi connectivity index (χ1n) is 8.49. The highest BCUT2D eigenvalue weighted by molar-refractivity contribution is 7.99. The molecule has 1 aliphatic carbocycles. The molecule has 0 aliphatic heterocycles. The Bertz CT molecular complexity index is 718. The van der Waals surface area contributed by atoms with Crippen molar-refractivity contribution in [3.63, 3.8) is 0 Å². The van der Waals surface area contributed by atoms with Gasteiger partial charge in [0.2, 0.25) is 5.78 Å². The number of carbonyl (C=O) groups is 1. The quantitative estimate of drug-likeness (QED) is 0.591. The fourth-order valence-corrected chi connectivity index (χ4v) is 3.21. The standard InChI is InChI=1S/C19H25NO3S/c1-11(2)19(21)18-7-13-5-6-15(10-17(13)23-18)22-16-8-14(9-16)20-12(3)24-4/h5-7,10-12,14,16,20H,8-9H2,1-4H3/t12?,14-,16+. The Morgan fingerprint density at radius 2 is 2.04 bits per heavy atom. The topological polar surface area (TPSA) is 51.5 Å². The largest absolute Gasteiger partial charge is 0.490 e. The number of thioether (sulfide) groups is 1. The molecule has 0 amide bonds. The van der Waals surface area contributed by atoms with Gasteiger partial charge in [-0.3, -0.25) is 4.79 Å². The van der Waals surface area contributed by atoms with E-state index in [0.29, 0.717) is 22.8 Å². The van der Waals surface area contributed by atoms with Crippen molar-refractivity contribution in [2.45, 2.75) is 51.1 Å². The van der Waals surface area contributed by atoms with Crippen LogP contribution in [0.1, 0.15) is 44.2 Å². The first-order chi connectivity index (χ1) is 11.5. The van der Waals surface area contributed by atoms with Crippen LogP contribution in [0.5, 0.6) is 5.75 Å². The molecule has 130 valence electrons. The predicted octanol–water partition coefficient (Wildman–Crippen LogP) is 4.48. The lowest BCUT2D eigenvalue weighted by Crippen LogP contribution is -2.48. The molecular formula is C19H25NO3S. The number of rotatable bonds is 7. The zero-order valence-electron chi connectivity index (χ0n) is 14.7. The molecule has 0 bridgehead atoms. The molecule has 1 fully saturated rings.